The number of hydrogen-bond donors (Lipinski definition) is 2. The Bertz CT molecular complexity index is 671. The maximum atomic E-state index is 5.68. The van der Waals surface area contributed by atoms with Crippen LogP contribution in [0.3, 0.4) is 0 Å². The lowest BCUT2D eigenvalue weighted by Gasteiger charge is -2.13. The van der Waals surface area contributed by atoms with Gasteiger partial charge in [0, 0.05) is 26.0 Å². The molecule has 0 aliphatic carbocycles. The molecule has 25 heavy (non-hydrogen) atoms. The van der Waals surface area contributed by atoms with E-state index in [1.807, 2.05) is 36.7 Å². The second-order valence-electron chi connectivity index (χ2n) is 5.50. The van der Waals surface area contributed by atoms with E-state index in [2.05, 4.69) is 33.6 Å². The molecule has 0 aliphatic rings. The monoisotopic (exact) mass is 342 g/mol. The second kappa shape index (κ2) is 10.2. The van der Waals surface area contributed by atoms with E-state index < -0.39 is 0 Å². The number of aryl methyl sites for hydroxylation is 1. The summed E-state index contributed by atoms with van der Waals surface area (Å²) in [6.07, 6.45) is 4.64. The molecule has 0 atom stereocenters. The number of methoxy groups -OCH3 is 1. The molecule has 0 saturated heterocycles. The molecular weight excluding hydrogens is 316 g/mol. The van der Waals surface area contributed by atoms with Crippen LogP contribution in [-0.2, 0) is 6.42 Å². The molecule has 0 unspecified atom stereocenters. The van der Waals surface area contributed by atoms with Crippen molar-refractivity contribution < 1.29 is 9.47 Å². The zero-order valence-corrected chi connectivity index (χ0v) is 15.1. The van der Waals surface area contributed by atoms with Gasteiger partial charge in [-0.15, -0.1) is 0 Å². The molecule has 1 heterocycles. The molecule has 0 radical (unpaired) electrons. The van der Waals surface area contributed by atoms with E-state index in [1.165, 1.54) is 11.1 Å². The van der Waals surface area contributed by atoms with Gasteiger partial charge >= 0.3 is 0 Å². The van der Waals surface area contributed by atoms with Crippen molar-refractivity contribution in [2.75, 3.05) is 33.9 Å². The summed E-state index contributed by atoms with van der Waals surface area (Å²) in [5.74, 6) is 2.41. The standard InChI is InChI=1S/C19H26N4O2/c1-15-14-21-10-8-16(15)9-11-22-19(20-2)23-12-13-25-18-6-4-17(24-3)5-7-18/h4-8,10,14H,9,11-13H2,1-3H3,(H2,20,22,23). The molecule has 2 aromatic rings. The molecule has 0 saturated carbocycles. The lowest BCUT2D eigenvalue weighted by atomic mass is 10.1. The first-order valence-electron chi connectivity index (χ1n) is 8.34. The predicted molar refractivity (Wildman–Crippen MR) is 101 cm³/mol. The molecule has 134 valence electrons. The number of pyridine rings is 1. The zero-order valence-electron chi connectivity index (χ0n) is 15.1. The molecule has 1 aromatic heterocycles. The van der Waals surface area contributed by atoms with Crippen molar-refractivity contribution in [3.8, 4) is 11.5 Å². The average Bonchev–Trinajstić information content (AvgIpc) is 2.65. The molecule has 6 heteroatoms. The highest BCUT2D eigenvalue weighted by Gasteiger charge is 2.01. The summed E-state index contributed by atoms with van der Waals surface area (Å²) in [6.45, 7) is 4.10. The van der Waals surface area contributed by atoms with Gasteiger partial charge in [0.1, 0.15) is 18.1 Å². The van der Waals surface area contributed by atoms with E-state index in [4.69, 9.17) is 9.47 Å². The number of nitrogens with one attached hydrogen (secondary N) is 2. The maximum Gasteiger partial charge on any atom is 0.191 e. The molecule has 2 rings (SSSR count). The molecule has 0 aliphatic heterocycles. The molecule has 6 nitrogen and oxygen atoms in total. The summed E-state index contributed by atoms with van der Waals surface area (Å²) in [4.78, 5) is 8.33. The summed E-state index contributed by atoms with van der Waals surface area (Å²) < 4.78 is 10.8. The van der Waals surface area contributed by atoms with Crippen molar-refractivity contribution in [3.63, 3.8) is 0 Å². The van der Waals surface area contributed by atoms with Gasteiger partial charge in [-0.1, -0.05) is 0 Å². The maximum absolute atomic E-state index is 5.68. The Morgan fingerprint density at radius 3 is 2.48 bits per heavy atom. The Labute approximate surface area is 149 Å². The van der Waals surface area contributed by atoms with Gasteiger partial charge in [-0.05, 0) is 54.8 Å². The lowest BCUT2D eigenvalue weighted by molar-refractivity contribution is 0.321. The number of hydrogen-bond acceptors (Lipinski definition) is 4. The first-order valence-corrected chi connectivity index (χ1v) is 8.34. The van der Waals surface area contributed by atoms with Crippen LogP contribution in [0.5, 0.6) is 11.5 Å². The van der Waals surface area contributed by atoms with Crippen LogP contribution in [0.15, 0.2) is 47.7 Å². The Kier molecular flexibility index (Phi) is 7.56. The number of aromatic nitrogens is 1. The van der Waals surface area contributed by atoms with Gasteiger partial charge in [0.25, 0.3) is 0 Å². The predicted octanol–water partition coefficient (Wildman–Crippen LogP) is 2.19. The highest BCUT2D eigenvalue weighted by molar-refractivity contribution is 5.79. The topological polar surface area (TPSA) is 67.8 Å². The quantitative estimate of drug-likeness (QED) is 0.437. The summed E-state index contributed by atoms with van der Waals surface area (Å²) >= 11 is 0. The first kappa shape index (κ1) is 18.6. The van der Waals surface area contributed by atoms with Crippen molar-refractivity contribution in [2.24, 2.45) is 4.99 Å². The van der Waals surface area contributed by atoms with Crippen LogP contribution >= 0.6 is 0 Å². The van der Waals surface area contributed by atoms with Crippen LogP contribution in [0.25, 0.3) is 0 Å². The number of rotatable bonds is 8. The number of guanidine groups is 1. The van der Waals surface area contributed by atoms with E-state index >= 15 is 0 Å². The zero-order chi connectivity index (χ0) is 17.9. The van der Waals surface area contributed by atoms with E-state index in [9.17, 15) is 0 Å². The summed E-state index contributed by atoms with van der Waals surface area (Å²) in [5.41, 5.74) is 2.50. The Morgan fingerprint density at radius 1 is 1.08 bits per heavy atom. The first-order chi connectivity index (χ1) is 12.2. The smallest absolute Gasteiger partial charge is 0.191 e. The van der Waals surface area contributed by atoms with E-state index in [0.29, 0.717) is 13.2 Å². The third-order valence-electron chi connectivity index (χ3n) is 3.77. The fraction of sp³-hybridized carbons (Fsp3) is 0.368. The Balaban J connectivity index is 1.65. The Hall–Kier alpha value is -2.76. The number of aliphatic imine (C=N–C) groups is 1. The largest absolute Gasteiger partial charge is 0.497 e. The van der Waals surface area contributed by atoms with Crippen LogP contribution in [0.1, 0.15) is 11.1 Å². The molecule has 1 aromatic carbocycles. The minimum Gasteiger partial charge on any atom is -0.497 e. The van der Waals surface area contributed by atoms with Crippen LogP contribution in [0.4, 0.5) is 0 Å². The number of nitrogens with zero attached hydrogens (tertiary/aromatic N) is 2. The second-order valence-corrected chi connectivity index (χ2v) is 5.50. The van der Waals surface area contributed by atoms with E-state index in [1.54, 1.807) is 14.2 Å². The van der Waals surface area contributed by atoms with Gasteiger partial charge < -0.3 is 20.1 Å². The third-order valence-corrected chi connectivity index (χ3v) is 3.77. The molecule has 0 amide bonds. The molecule has 0 fully saturated rings. The van der Waals surface area contributed by atoms with E-state index in [-0.39, 0.29) is 0 Å². The Morgan fingerprint density at radius 2 is 1.80 bits per heavy atom. The minimum absolute atomic E-state index is 0.552. The molecule has 2 N–H and O–H groups in total. The van der Waals surface area contributed by atoms with Crippen LogP contribution in [0.2, 0.25) is 0 Å². The molecule has 0 spiro atoms. The fourth-order valence-corrected chi connectivity index (χ4v) is 2.33. The van der Waals surface area contributed by atoms with Gasteiger partial charge in [0.15, 0.2) is 5.96 Å². The van der Waals surface area contributed by atoms with E-state index in [0.717, 1.165) is 30.4 Å². The number of ether oxygens (including phenoxy) is 2. The average molecular weight is 342 g/mol. The van der Waals surface area contributed by atoms with Gasteiger partial charge in [0.05, 0.1) is 13.7 Å². The third kappa shape index (κ3) is 6.33. The van der Waals surface area contributed by atoms with Crippen molar-refractivity contribution in [2.45, 2.75) is 13.3 Å². The van der Waals surface area contributed by atoms with Crippen LogP contribution in [0, 0.1) is 6.92 Å². The van der Waals surface area contributed by atoms with Gasteiger partial charge in [-0.2, -0.15) is 0 Å². The summed E-state index contributed by atoms with van der Waals surface area (Å²) in [7, 11) is 3.41. The van der Waals surface area contributed by atoms with Crippen molar-refractivity contribution in [1.29, 1.82) is 0 Å². The lowest BCUT2D eigenvalue weighted by Crippen LogP contribution is -2.40. The van der Waals surface area contributed by atoms with Gasteiger partial charge in [0.2, 0.25) is 0 Å². The van der Waals surface area contributed by atoms with Crippen molar-refractivity contribution in [3.05, 3.63) is 53.9 Å². The van der Waals surface area contributed by atoms with Crippen molar-refractivity contribution >= 4 is 5.96 Å². The molecule has 0 bridgehead atoms. The number of benzene rings is 1. The van der Waals surface area contributed by atoms with Crippen molar-refractivity contribution in [1.82, 2.24) is 15.6 Å². The summed E-state index contributed by atoms with van der Waals surface area (Å²) in [6, 6.07) is 9.59. The van der Waals surface area contributed by atoms with Crippen LogP contribution in [-0.4, -0.2) is 44.8 Å². The molecular formula is C19H26N4O2. The highest BCUT2D eigenvalue weighted by atomic mass is 16.5. The normalized spacial score (nSPS) is 11.1. The van der Waals surface area contributed by atoms with Crippen LogP contribution < -0.4 is 20.1 Å². The SMILES string of the molecule is CN=C(NCCOc1ccc(OC)cc1)NCCc1ccncc1C. The summed E-state index contributed by atoms with van der Waals surface area (Å²) in [5, 5.41) is 6.55. The van der Waals surface area contributed by atoms with Gasteiger partial charge in [-0.25, -0.2) is 0 Å². The van der Waals surface area contributed by atoms with Gasteiger partial charge in [-0.3, -0.25) is 9.98 Å². The highest BCUT2D eigenvalue weighted by Crippen LogP contribution is 2.16. The minimum atomic E-state index is 0.552. The fourth-order valence-electron chi connectivity index (χ4n) is 2.33.